The Balaban J connectivity index is 1.94. The van der Waals surface area contributed by atoms with Crippen LogP contribution in [0.5, 0.6) is 11.5 Å². The third-order valence-corrected chi connectivity index (χ3v) is 4.01. The van der Waals surface area contributed by atoms with E-state index < -0.39 is 0 Å². The lowest BCUT2D eigenvalue weighted by molar-refractivity contribution is 0.243. The molecule has 1 saturated heterocycles. The van der Waals surface area contributed by atoms with Gasteiger partial charge in [0.2, 0.25) is 0 Å². The van der Waals surface area contributed by atoms with Crippen LogP contribution in [-0.2, 0) is 6.42 Å². The lowest BCUT2D eigenvalue weighted by Crippen LogP contribution is -2.26. The van der Waals surface area contributed by atoms with Crippen molar-refractivity contribution in [3.8, 4) is 11.5 Å². The minimum atomic E-state index is 0.275. The first-order valence-electron chi connectivity index (χ1n) is 6.86. The first-order valence-corrected chi connectivity index (χ1v) is 6.86. The zero-order valence-electron chi connectivity index (χ0n) is 11.2. The summed E-state index contributed by atoms with van der Waals surface area (Å²) in [5.74, 6) is 2.54. The fourth-order valence-electron chi connectivity index (χ4n) is 3.06. The SMILES string of the molecule is COc1cc(C2CCNCC2)cc2c1OC(C)C2. The van der Waals surface area contributed by atoms with Gasteiger partial charge in [0.1, 0.15) is 6.10 Å². The quantitative estimate of drug-likeness (QED) is 0.871. The van der Waals surface area contributed by atoms with Crippen molar-refractivity contribution < 1.29 is 9.47 Å². The van der Waals surface area contributed by atoms with E-state index in [2.05, 4.69) is 24.4 Å². The molecule has 2 aliphatic heterocycles. The molecule has 2 heterocycles. The highest BCUT2D eigenvalue weighted by atomic mass is 16.5. The third kappa shape index (κ3) is 2.07. The molecule has 1 aromatic rings. The molecule has 0 aliphatic carbocycles. The molecule has 2 aliphatic rings. The molecule has 0 radical (unpaired) electrons. The van der Waals surface area contributed by atoms with Gasteiger partial charge in [-0.3, -0.25) is 0 Å². The minimum absolute atomic E-state index is 0.275. The van der Waals surface area contributed by atoms with E-state index in [9.17, 15) is 0 Å². The van der Waals surface area contributed by atoms with Gasteiger partial charge < -0.3 is 14.8 Å². The predicted molar refractivity (Wildman–Crippen MR) is 71.6 cm³/mol. The fraction of sp³-hybridized carbons (Fsp3) is 0.600. The summed E-state index contributed by atoms with van der Waals surface area (Å²) in [4.78, 5) is 0. The van der Waals surface area contributed by atoms with Crippen molar-refractivity contribution in [3.63, 3.8) is 0 Å². The van der Waals surface area contributed by atoms with Crippen LogP contribution in [0.4, 0.5) is 0 Å². The molecular weight excluding hydrogens is 226 g/mol. The van der Waals surface area contributed by atoms with Crippen molar-refractivity contribution in [1.82, 2.24) is 5.32 Å². The number of hydrogen-bond acceptors (Lipinski definition) is 3. The van der Waals surface area contributed by atoms with Crippen molar-refractivity contribution in [1.29, 1.82) is 0 Å². The highest BCUT2D eigenvalue weighted by Gasteiger charge is 2.26. The molecule has 98 valence electrons. The van der Waals surface area contributed by atoms with Gasteiger partial charge in [-0.1, -0.05) is 6.07 Å². The molecule has 0 spiro atoms. The summed E-state index contributed by atoms with van der Waals surface area (Å²) in [7, 11) is 1.73. The summed E-state index contributed by atoms with van der Waals surface area (Å²) in [6.07, 6.45) is 3.72. The van der Waals surface area contributed by atoms with E-state index in [4.69, 9.17) is 9.47 Å². The summed E-state index contributed by atoms with van der Waals surface area (Å²) < 4.78 is 11.3. The van der Waals surface area contributed by atoms with E-state index in [0.717, 1.165) is 31.0 Å². The van der Waals surface area contributed by atoms with Crippen LogP contribution < -0.4 is 14.8 Å². The van der Waals surface area contributed by atoms with Gasteiger partial charge in [0, 0.05) is 12.0 Å². The Morgan fingerprint density at radius 1 is 1.28 bits per heavy atom. The first-order chi connectivity index (χ1) is 8.78. The molecule has 3 heteroatoms. The van der Waals surface area contributed by atoms with E-state index in [0.29, 0.717) is 5.92 Å². The molecule has 1 N–H and O–H groups in total. The van der Waals surface area contributed by atoms with Gasteiger partial charge in [0.15, 0.2) is 11.5 Å². The Bertz CT molecular complexity index is 438. The number of hydrogen-bond donors (Lipinski definition) is 1. The van der Waals surface area contributed by atoms with Crippen LogP contribution in [0.25, 0.3) is 0 Å². The van der Waals surface area contributed by atoms with Gasteiger partial charge in [-0.25, -0.2) is 0 Å². The Labute approximate surface area is 108 Å². The highest BCUT2D eigenvalue weighted by molar-refractivity contribution is 5.52. The lowest BCUT2D eigenvalue weighted by Gasteiger charge is -2.24. The van der Waals surface area contributed by atoms with Gasteiger partial charge in [-0.15, -0.1) is 0 Å². The summed E-state index contributed by atoms with van der Waals surface area (Å²) in [6.45, 7) is 4.36. The monoisotopic (exact) mass is 247 g/mol. The van der Waals surface area contributed by atoms with Crippen molar-refractivity contribution in [2.75, 3.05) is 20.2 Å². The number of nitrogens with one attached hydrogen (secondary N) is 1. The van der Waals surface area contributed by atoms with E-state index in [1.54, 1.807) is 7.11 Å². The van der Waals surface area contributed by atoms with E-state index >= 15 is 0 Å². The molecule has 3 rings (SSSR count). The number of rotatable bonds is 2. The zero-order chi connectivity index (χ0) is 12.5. The minimum Gasteiger partial charge on any atom is -0.493 e. The maximum atomic E-state index is 5.83. The van der Waals surface area contributed by atoms with Crippen LogP contribution in [0.15, 0.2) is 12.1 Å². The number of benzene rings is 1. The van der Waals surface area contributed by atoms with Crippen LogP contribution in [0, 0.1) is 0 Å². The van der Waals surface area contributed by atoms with E-state index in [1.807, 2.05) is 0 Å². The van der Waals surface area contributed by atoms with Crippen LogP contribution in [0.3, 0.4) is 0 Å². The van der Waals surface area contributed by atoms with Gasteiger partial charge in [-0.05, 0) is 50.4 Å². The van der Waals surface area contributed by atoms with Gasteiger partial charge in [-0.2, -0.15) is 0 Å². The molecule has 1 aromatic carbocycles. The fourth-order valence-corrected chi connectivity index (χ4v) is 3.06. The lowest BCUT2D eigenvalue weighted by atomic mass is 9.88. The maximum absolute atomic E-state index is 5.83. The van der Waals surface area contributed by atoms with Crippen LogP contribution in [-0.4, -0.2) is 26.3 Å². The molecule has 18 heavy (non-hydrogen) atoms. The Morgan fingerprint density at radius 2 is 2.06 bits per heavy atom. The summed E-state index contributed by atoms with van der Waals surface area (Å²) in [5.41, 5.74) is 2.74. The maximum Gasteiger partial charge on any atom is 0.164 e. The predicted octanol–water partition coefficient (Wildman–Crippen LogP) is 2.49. The summed E-state index contributed by atoms with van der Waals surface area (Å²) in [5, 5.41) is 3.42. The number of piperidine rings is 1. The first kappa shape index (κ1) is 11.8. The van der Waals surface area contributed by atoms with E-state index in [-0.39, 0.29) is 6.10 Å². The number of fused-ring (bicyclic) bond motifs is 1. The second kappa shape index (κ2) is 4.81. The summed E-state index contributed by atoms with van der Waals surface area (Å²) in [6, 6.07) is 4.50. The van der Waals surface area contributed by atoms with Crippen molar-refractivity contribution in [2.45, 2.75) is 38.2 Å². The van der Waals surface area contributed by atoms with Crippen LogP contribution in [0.1, 0.15) is 36.8 Å². The third-order valence-electron chi connectivity index (χ3n) is 4.01. The molecule has 0 saturated carbocycles. The number of methoxy groups -OCH3 is 1. The zero-order valence-corrected chi connectivity index (χ0v) is 11.2. The molecule has 0 bridgehead atoms. The van der Waals surface area contributed by atoms with Crippen LogP contribution >= 0.6 is 0 Å². The smallest absolute Gasteiger partial charge is 0.164 e. The van der Waals surface area contributed by atoms with Crippen molar-refractivity contribution in [3.05, 3.63) is 23.3 Å². The second-order valence-electron chi connectivity index (χ2n) is 5.37. The average Bonchev–Trinajstić information content (AvgIpc) is 2.78. The van der Waals surface area contributed by atoms with Crippen molar-refractivity contribution >= 4 is 0 Å². The molecule has 1 fully saturated rings. The number of ether oxygens (including phenoxy) is 2. The molecular formula is C15H21NO2. The topological polar surface area (TPSA) is 30.5 Å². The Hall–Kier alpha value is -1.22. The standard InChI is InChI=1S/C15H21NO2/c1-10-7-13-8-12(11-3-5-16-6-4-11)9-14(17-2)15(13)18-10/h8-11,16H,3-7H2,1-2H3. The molecule has 0 aromatic heterocycles. The largest absolute Gasteiger partial charge is 0.493 e. The van der Waals surface area contributed by atoms with Gasteiger partial charge in [0.05, 0.1) is 7.11 Å². The average molecular weight is 247 g/mol. The second-order valence-corrected chi connectivity index (χ2v) is 5.37. The Morgan fingerprint density at radius 3 is 2.78 bits per heavy atom. The van der Waals surface area contributed by atoms with Crippen molar-refractivity contribution in [2.24, 2.45) is 0 Å². The molecule has 1 atom stereocenters. The van der Waals surface area contributed by atoms with Crippen LogP contribution in [0.2, 0.25) is 0 Å². The molecule has 3 nitrogen and oxygen atoms in total. The highest BCUT2D eigenvalue weighted by Crippen LogP contribution is 2.41. The Kier molecular flexibility index (Phi) is 3.16. The molecule has 1 unspecified atom stereocenters. The van der Waals surface area contributed by atoms with Gasteiger partial charge >= 0.3 is 0 Å². The van der Waals surface area contributed by atoms with Gasteiger partial charge in [0.25, 0.3) is 0 Å². The molecule has 0 amide bonds. The normalized spacial score (nSPS) is 23.6. The van der Waals surface area contributed by atoms with E-state index in [1.165, 1.54) is 24.0 Å². The summed E-state index contributed by atoms with van der Waals surface area (Å²) >= 11 is 0.